The molecule has 1 N–H and O–H groups in total. The maximum absolute atomic E-state index is 12.5. The summed E-state index contributed by atoms with van der Waals surface area (Å²) in [4.78, 5) is 14.6. The van der Waals surface area contributed by atoms with Gasteiger partial charge in [0.2, 0.25) is 5.91 Å². The summed E-state index contributed by atoms with van der Waals surface area (Å²) in [5.41, 5.74) is 0.122. The van der Waals surface area contributed by atoms with Crippen LogP contribution in [0.3, 0.4) is 0 Å². The van der Waals surface area contributed by atoms with Crippen molar-refractivity contribution in [1.82, 2.24) is 10.2 Å². The van der Waals surface area contributed by atoms with Crippen molar-refractivity contribution in [1.29, 1.82) is 0 Å². The van der Waals surface area contributed by atoms with E-state index >= 15 is 0 Å². The van der Waals surface area contributed by atoms with Crippen molar-refractivity contribution in [2.24, 2.45) is 5.41 Å². The molecule has 0 aromatic carbocycles. The monoisotopic (exact) mass is 238 g/mol. The third kappa shape index (κ3) is 2.82. The van der Waals surface area contributed by atoms with E-state index in [1.807, 2.05) is 0 Å². The molecule has 2 saturated heterocycles. The average Bonchev–Trinajstić information content (AvgIpc) is 2.29. The van der Waals surface area contributed by atoms with Crippen molar-refractivity contribution in [3.63, 3.8) is 0 Å². The number of nitrogens with one attached hydrogen (secondary N) is 1. The zero-order chi connectivity index (χ0) is 12.5. The molecule has 1 amide bonds. The lowest BCUT2D eigenvalue weighted by Crippen LogP contribution is -2.59. The van der Waals surface area contributed by atoms with E-state index in [1.165, 1.54) is 12.8 Å². The fourth-order valence-electron chi connectivity index (χ4n) is 2.90. The van der Waals surface area contributed by atoms with Crippen LogP contribution in [-0.4, -0.2) is 36.0 Å². The van der Waals surface area contributed by atoms with E-state index in [0.29, 0.717) is 11.3 Å². The lowest BCUT2D eigenvalue weighted by Gasteiger charge is -2.42. The average molecular weight is 238 g/mol. The number of piperidine rings is 2. The lowest BCUT2D eigenvalue weighted by molar-refractivity contribution is -0.140. The summed E-state index contributed by atoms with van der Waals surface area (Å²) in [5.74, 6) is 0.327. The molecule has 2 fully saturated rings. The molecule has 98 valence electrons. The van der Waals surface area contributed by atoms with Gasteiger partial charge in [-0.25, -0.2) is 0 Å². The van der Waals surface area contributed by atoms with Gasteiger partial charge in [-0.05, 0) is 51.0 Å². The highest BCUT2D eigenvalue weighted by atomic mass is 16.2. The predicted octanol–water partition coefficient (Wildman–Crippen LogP) is 2.17. The van der Waals surface area contributed by atoms with Gasteiger partial charge in [0, 0.05) is 13.1 Å². The third-order valence-electron chi connectivity index (χ3n) is 4.49. The van der Waals surface area contributed by atoms with Gasteiger partial charge in [0.25, 0.3) is 0 Å². The van der Waals surface area contributed by atoms with Crippen LogP contribution >= 0.6 is 0 Å². The number of hydrogen-bond donors (Lipinski definition) is 1. The van der Waals surface area contributed by atoms with Gasteiger partial charge in [0.1, 0.15) is 0 Å². The molecule has 3 heteroatoms. The Kier molecular flexibility index (Phi) is 3.48. The van der Waals surface area contributed by atoms with Crippen LogP contribution in [0.1, 0.15) is 52.9 Å². The summed E-state index contributed by atoms with van der Waals surface area (Å²) < 4.78 is 0. The minimum atomic E-state index is -0.292. The molecule has 0 aromatic rings. The minimum Gasteiger partial charge on any atom is -0.341 e. The Morgan fingerprint density at radius 1 is 1.06 bits per heavy atom. The van der Waals surface area contributed by atoms with E-state index in [0.717, 1.165) is 38.9 Å². The van der Waals surface area contributed by atoms with Gasteiger partial charge in [0.15, 0.2) is 0 Å². The molecule has 17 heavy (non-hydrogen) atoms. The molecule has 3 nitrogen and oxygen atoms in total. The van der Waals surface area contributed by atoms with Gasteiger partial charge in [-0.1, -0.05) is 13.8 Å². The number of hydrogen-bond acceptors (Lipinski definition) is 2. The number of rotatable bonds is 1. The molecule has 0 aliphatic carbocycles. The van der Waals surface area contributed by atoms with E-state index in [9.17, 15) is 4.79 Å². The Bertz CT molecular complexity index is 283. The minimum absolute atomic E-state index is 0.292. The van der Waals surface area contributed by atoms with Crippen LogP contribution < -0.4 is 5.32 Å². The largest absolute Gasteiger partial charge is 0.341 e. The van der Waals surface area contributed by atoms with Crippen LogP contribution in [0.5, 0.6) is 0 Å². The predicted molar refractivity (Wildman–Crippen MR) is 69.9 cm³/mol. The van der Waals surface area contributed by atoms with Crippen molar-refractivity contribution in [2.45, 2.75) is 58.4 Å². The summed E-state index contributed by atoms with van der Waals surface area (Å²) in [6, 6.07) is 0. The highest BCUT2D eigenvalue weighted by molar-refractivity contribution is 5.86. The molecule has 0 saturated carbocycles. The van der Waals surface area contributed by atoms with E-state index in [2.05, 4.69) is 31.0 Å². The third-order valence-corrected chi connectivity index (χ3v) is 4.49. The Morgan fingerprint density at radius 3 is 2.24 bits per heavy atom. The van der Waals surface area contributed by atoms with Crippen LogP contribution in [-0.2, 0) is 4.79 Å². The first-order valence-corrected chi connectivity index (χ1v) is 6.97. The van der Waals surface area contributed by atoms with Crippen LogP contribution in [0.15, 0.2) is 0 Å². The zero-order valence-corrected chi connectivity index (χ0v) is 11.5. The molecular weight excluding hydrogens is 212 g/mol. The Hall–Kier alpha value is -0.570. The molecule has 1 atom stereocenters. The first kappa shape index (κ1) is 12.9. The zero-order valence-electron chi connectivity index (χ0n) is 11.5. The SMILES string of the molecule is CC1(C)CCN(C(=O)C2(C)CCCCN2)CC1. The molecular formula is C14H26N2O. The summed E-state index contributed by atoms with van der Waals surface area (Å²) >= 11 is 0. The maximum Gasteiger partial charge on any atom is 0.242 e. The number of carbonyl (C=O) groups is 1. The summed E-state index contributed by atoms with van der Waals surface area (Å²) in [7, 11) is 0. The molecule has 2 aliphatic heterocycles. The second kappa shape index (κ2) is 4.60. The summed E-state index contributed by atoms with van der Waals surface area (Å²) in [5, 5.41) is 3.42. The molecule has 2 heterocycles. The van der Waals surface area contributed by atoms with E-state index in [-0.39, 0.29) is 5.54 Å². The number of carbonyl (C=O) groups excluding carboxylic acids is 1. The Morgan fingerprint density at radius 2 is 1.71 bits per heavy atom. The van der Waals surface area contributed by atoms with Gasteiger partial charge in [0.05, 0.1) is 5.54 Å². The van der Waals surface area contributed by atoms with Gasteiger partial charge < -0.3 is 10.2 Å². The van der Waals surface area contributed by atoms with E-state index in [4.69, 9.17) is 0 Å². The molecule has 0 spiro atoms. The number of nitrogens with zero attached hydrogens (tertiary/aromatic N) is 1. The Balaban J connectivity index is 1.96. The van der Waals surface area contributed by atoms with Crippen molar-refractivity contribution in [3.8, 4) is 0 Å². The van der Waals surface area contributed by atoms with Gasteiger partial charge in [-0.2, -0.15) is 0 Å². The van der Waals surface area contributed by atoms with Gasteiger partial charge in [-0.15, -0.1) is 0 Å². The van der Waals surface area contributed by atoms with Crippen molar-refractivity contribution in [3.05, 3.63) is 0 Å². The van der Waals surface area contributed by atoms with Gasteiger partial charge >= 0.3 is 0 Å². The summed E-state index contributed by atoms with van der Waals surface area (Å²) in [6.45, 7) is 9.53. The lowest BCUT2D eigenvalue weighted by atomic mass is 9.81. The topological polar surface area (TPSA) is 32.3 Å². The molecule has 0 bridgehead atoms. The number of likely N-dealkylation sites (tertiary alicyclic amines) is 1. The molecule has 0 radical (unpaired) electrons. The van der Waals surface area contributed by atoms with Crippen LogP contribution in [0.25, 0.3) is 0 Å². The first-order valence-electron chi connectivity index (χ1n) is 6.97. The molecule has 0 aromatic heterocycles. The van der Waals surface area contributed by atoms with E-state index in [1.54, 1.807) is 0 Å². The quantitative estimate of drug-likeness (QED) is 0.759. The maximum atomic E-state index is 12.5. The Labute approximate surface area is 105 Å². The second-order valence-electron chi connectivity index (χ2n) is 6.67. The number of amides is 1. The highest BCUT2D eigenvalue weighted by Crippen LogP contribution is 2.31. The fourth-order valence-corrected chi connectivity index (χ4v) is 2.90. The van der Waals surface area contributed by atoms with E-state index < -0.39 is 0 Å². The standard InChI is InChI=1S/C14H26N2O/c1-13(2)7-10-16(11-8-13)12(17)14(3)6-4-5-9-15-14/h15H,4-11H2,1-3H3. The summed E-state index contributed by atoms with van der Waals surface area (Å²) in [6.07, 6.45) is 5.64. The first-order chi connectivity index (χ1) is 7.93. The van der Waals surface area contributed by atoms with Crippen LogP contribution in [0, 0.1) is 5.41 Å². The van der Waals surface area contributed by atoms with Gasteiger partial charge in [-0.3, -0.25) is 4.79 Å². The second-order valence-corrected chi connectivity index (χ2v) is 6.67. The molecule has 2 rings (SSSR count). The van der Waals surface area contributed by atoms with Crippen LogP contribution in [0.2, 0.25) is 0 Å². The van der Waals surface area contributed by atoms with Crippen molar-refractivity contribution >= 4 is 5.91 Å². The molecule has 2 aliphatic rings. The smallest absolute Gasteiger partial charge is 0.242 e. The van der Waals surface area contributed by atoms with Crippen molar-refractivity contribution in [2.75, 3.05) is 19.6 Å². The fraction of sp³-hybridized carbons (Fsp3) is 0.929. The molecule has 1 unspecified atom stereocenters. The normalized spacial score (nSPS) is 33.5. The highest BCUT2D eigenvalue weighted by Gasteiger charge is 2.39. The van der Waals surface area contributed by atoms with Crippen LogP contribution in [0.4, 0.5) is 0 Å². The van der Waals surface area contributed by atoms with Crippen molar-refractivity contribution < 1.29 is 4.79 Å².